The van der Waals surface area contributed by atoms with Crippen LogP contribution in [0.2, 0.25) is 0 Å². The molecule has 4 rings (SSSR count). The third-order valence-corrected chi connectivity index (χ3v) is 5.33. The Morgan fingerprint density at radius 1 is 0.857 bits per heavy atom. The Labute approximate surface area is 166 Å². The number of para-hydroxylation sites is 1. The Morgan fingerprint density at radius 2 is 1.54 bits per heavy atom. The maximum absolute atomic E-state index is 13.1. The zero-order valence-electron chi connectivity index (χ0n) is 16.6. The van der Waals surface area contributed by atoms with Crippen molar-refractivity contribution in [3.63, 3.8) is 0 Å². The van der Waals surface area contributed by atoms with Crippen LogP contribution >= 0.6 is 0 Å². The quantitative estimate of drug-likeness (QED) is 0.397. The normalized spacial score (nSPS) is 11.3. The molecule has 0 aliphatic carbocycles. The van der Waals surface area contributed by atoms with Crippen LogP contribution in [0.4, 0.5) is 0 Å². The van der Waals surface area contributed by atoms with E-state index in [1.807, 2.05) is 41.1 Å². The second kappa shape index (κ2) is 7.47. The number of hydrogen-bond acceptors (Lipinski definition) is 1. The number of carbonyl (C=O) groups excluding carboxylic acids is 1. The van der Waals surface area contributed by atoms with Gasteiger partial charge in [-0.3, -0.25) is 9.36 Å². The first-order valence-electron chi connectivity index (χ1n) is 9.82. The smallest absolute Gasteiger partial charge is 0.235 e. The van der Waals surface area contributed by atoms with E-state index in [0.29, 0.717) is 12.3 Å². The zero-order chi connectivity index (χ0) is 19.7. The first kappa shape index (κ1) is 18.2. The molecule has 140 valence electrons. The summed E-state index contributed by atoms with van der Waals surface area (Å²) in [7, 11) is 0. The lowest BCUT2D eigenvalue weighted by molar-refractivity contribution is 0.0919. The summed E-state index contributed by atoms with van der Waals surface area (Å²) in [6.45, 7) is 6.48. The average molecular weight is 367 g/mol. The fraction of sp³-hybridized carbons (Fsp3) is 0.192. The van der Waals surface area contributed by atoms with E-state index < -0.39 is 0 Å². The minimum Gasteiger partial charge on any atom is -0.286 e. The molecule has 0 spiro atoms. The lowest BCUT2D eigenvalue weighted by Gasteiger charge is -2.11. The molecule has 0 unspecified atom stereocenters. The summed E-state index contributed by atoms with van der Waals surface area (Å²) in [5.41, 5.74) is 6.84. The average Bonchev–Trinajstić information content (AvgIpc) is 3.09. The number of benzene rings is 3. The Kier molecular flexibility index (Phi) is 4.87. The van der Waals surface area contributed by atoms with Crippen LogP contribution in [0.3, 0.4) is 0 Å². The van der Waals surface area contributed by atoms with E-state index >= 15 is 0 Å². The highest BCUT2D eigenvalue weighted by Crippen LogP contribution is 2.35. The Bertz CT molecular complexity index is 1130. The predicted octanol–water partition coefficient (Wildman–Crippen LogP) is 6.62. The van der Waals surface area contributed by atoms with Crippen molar-refractivity contribution in [2.24, 2.45) is 0 Å². The summed E-state index contributed by atoms with van der Waals surface area (Å²) in [5, 5.41) is 1.12. The van der Waals surface area contributed by atoms with Gasteiger partial charge in [0.05, 0.1) is 11.9 Å². The van der Waals surface area contributed by atoms with Crippen LogP contribution in [-0.2, 0) is 6.42 Å². The Balaban J connectivity index is 1.81. The van der Waals surface area contributed by atoms with Crippen LogP contribution < -0.4 is 0 Å². The molecule has 0 bridgehead atoms. The fourth-order valence-corrected chi connectivity index (χ4v) is 3.81. The highest BCUT2D eigenvalue weighted by molar-refractivity contribution is 6.02. The van der Waals surface area contributed by atoms with Crippen LogP contribution in [0, 0.1) is 6.92 Å². The topological polar surface area (TPSA) is 22.0 Å². The summed E-state index contributed by atoms with van der Waals surface area (Å²) in [6, 6.07) is 24.9. The predicted molar refractivity (Wildman–Crippen MR) is 117 cm³/mol. The molecule has 0 radical (unpaired) electrons. The summed E-state index contributed by atoms with van der Waals surface area (Å²) in [6.07, 6.45) is 2.41. The van der Waals surface area contributed by atoms with Gasteiger partial charge in [0.2, 0.25) is 5.91 Å². The maximum atomic E-state index is 13.1. The molecule has 0 N–H and O–H groups in total. The molecule has 0 amide bonds. The maximum Gasteiger partial charge on any atom is 0.235 e. The molecule has 0 fully saturated rings. The van der Waals surface area contributed by atoms with E-state index in [4.69, 9.17) is 0 Å². The van der Waals surface area contributed by atoms with Gasteiger partial charge in [-0.1, -0.05) is 86.1 Å². The standard InChI is InChI=1S/C26H25NO/c1-18(2)21-8-4-5-9-22(21)24-17-27(25-11-7-6-10-23(24)25)26(28)16-20-14-12-19(3)13-15-20/h4-15,17-18H,16H2,1-3H3. The summed E-state index contributed by atoms with van der Waals surface area (Å²) in [4.78, 5) is 13.1. The van der Waals surface area contributed by atoms with E-state index in [1.54, 1.807) is 0 Å². The summed E-state index contributed by atoms with van der Waals surface area (Å²) >= 11 is 0. The first-order chi connectivity index (χ1) is 13.5. The molecule has 1 heterocycles. The van der Waals surface area contributed by atoms with Crippen LogP contribution in [0.15, 0.2) is 79.0 Å². The van der Waals surface area contributed by atoms with E-state index in [1.165, 1.54) is 16.7 Å². The van der Waals surface area contributed by atoms with Gasteiger partial charge < -0.3 is 0 Å². The van der Waals surface area contributed by atoms with Crippen molar-refractivity contribution in [1.29, 1.82) is 0 Å². The number of fused-ring (bicyclic) bond motifs is 1. The molecule has 1 aromatic heterocycles. The molecule has 0 aliphatic heterocycles. The summed E-state index contributed by atoms with van der Waals surface area (Å²) < 4.78 is 1.82. The molecule has 4 aromatic rings. The molecule has 2 nitrogen and oxygen atoms in total. The molecule has 3 aromatic carbocycles. The fourth-order valence-electron chi connectivity index (χ4n) is 3.81. The number of nitrogens with zero attached hydrogens (tertiary/aromatic N) is 1. The number of rotatable bonds is 4. The first-order valence-corrected chi connectivity index (χ1v) is 9.82. The van der Waals surface area contributed by atoms with E-state index in [-0.39, 0.29) is 5.91 Å². The molecule has 0 atom stereocenters. The third kappa shape index (κ3) is 3.38. The van der Waals surface area contributed by atoms with Gasteiger partial charge in [0.15, 0.2) is 0 Å². The molecule has 2 heteroatoms. The van der Waals surface area contributed by atoms with Crippen LogP contribution in [0.5, 0.6) is 0 Å². The lowest BCUT2D eigenvalue weighted by Crippen LogP contribution is -2.12. The molecule has 0 aliphatic rings. The highest BCUT2D eigenvalue weighted by Gasteiger charge is 2.17. The molecular formula is C26H25NO. The van der Waals surface area contributed by atoms with Crippen LogP contribution in [-0.4, -0.2) is 10.5 Å². The second-order valence-electron chi connectivity index (χ2n) is 7.73. The van der Waals surface area contributed by atoms with Crippen molar-refractivity contribution in [2.75, 3.05) is 0 Å². The second-order valence-corrected chi connectivity index (χ2v) is 7.73. The van der Waals surface area contributed by atoms with Gasteiger partial charge in [0, 0.05) is 17.1 Å². The van der Waals surface area contributed by atoms with E-state index in [9.17, 15) is 4.79 Å². The monoisotopic (exact) mass is 367 g/mol. The van der Waals surface area contributed by atoms with Crippen LogP contribution in [0.25, 0.3) is 22.0 Å². The Morgan fingerprint density at radius 3 is 2.29 bits per heavy atom. The SMILES string of the molecule is Cc1ccc(CC(=O)n2cc(-c3ccccc3C(C)C)c3ccccc32)cc1. The van der Waals surface area contributed by atoms with E-state index in [2.05, 4.69) is 63.2 Å². The van der Waals surface area contributed by atoms with Gasteiger partial charge in [-0.2, -0.15) is 0 Å². The van der Waals surface area contributed by atoms with Gasteiger partial charge in [0.1, 0.15) is 0 Å². The zero-order valence-corrected chi connectivity index (χ0v) is 16.6. The van der Waals surface area contributed by atoms with Crippen molar-refractivity contribution >= 4 is 16.8 Å². The van der Waals surface area contributed by atoms with Gasteiger partial charge in [-0.05, 0) is 35.6 Å². The highest BCUT2D eigenvalue weighted by atomic mass is 16.2. The van der Waals surface area contributed by atoms with Crippen molar-refractivity contribution in [3.05, 3.63) is 95.7 Å². The molecular weight excluding hydrogens is 342 g/mol. The van der Waals surface area contributed by atoms with Gasteiger partial charge in [-0.25, -0.2) is 0 Å². The van der Waals surface area contributed by atoms with Gasteiger partial charge in [0.25, 0.3) is 0 Å². The molecule has 0 saturated heterocycles. The van der Waals surface area contributed by atoms with Crippen molar-refractivity contribution < 1.29 is 4.79 Å². The molecule has 28 heavy (non-hydrogen) atoms. The minimum absolute atomic E-state index is 0.0910. The third-order valence-electron chi connectivity index (χ3n) is 5.33. The summed E-state index contributed by atoms with van der Waals surface area (Å²) in [5.74, 6) is 0.509. The van der Waals surface area contributed by atoms with Crippen molar-refractivity contribution in [2.45, 2.75) is 33.1 Å². The van der Waals surface area contributed by atoms with Gasteiger partial charge >= 0.3 is 0 Å². The van der Waals surface area contributed by atoms with Gasteiger partial charge in [-0.15, -0.1) is 0 Å². The molecule has 0 saturated carbocycles. The Hall–Kier alpha value is -3.13. The van der Waals surface area contributed by atoms with Crippen molar-refractivity contribution in [3.8, 4) is 11.1 Å². The number of aromatic nitrogens is 1. The van der Waals surface area contributed by atoms with E-state index in [0.717, 1.165) is 22.0 Å². The lowest BCUT2D eigenvalue weighted by atomic mass is 9.92. The largest absolute Gasteiger partial charge is 0.286 e. The number of carbonyl (C=O) groups is 1. The van der Waals surface area contributed by atoms with Crippen LogP contribution in [0.1, 0.15) is 41.3 Å². The number of hydrogen-bond donors (Lipinski definition) is 0. The van der Waals surface area contributed by atoms with Crippen molar-refractivity contribution in [1.82, 2.24) is 4.57 Å². The number of aryl methyl sites for hydroxylation is 1. The minimum atomic E-state index is 0.0910.